The third kappa shape index (κ3) is 2.39. The molecule has 9 nitrogen and oxygen atoms in total. The molecule has 0 bridgehead atoms. The van der Waals surface area contributed by atoms with E-state index in [1.807, 2.05) is 0 Å². The molecule has 134 valence electrons. The van der Waals surface area contributed by atoms with Crippen LogP contribution in [0.1, 0.15) is 12.8 Å². The Kier molecular flexibility index (Phi) is 3.80. The molecule has 1 atom stereocenters. The molecule has 1 N–H and O–H groups in total. The van der Waals surface area contributed by atoms with Crippen LogP contribution in [0.2, 0.25) is 0 Å². The summed E-state index contributed by atoms with van der Waals surface area (Å²) >= 11 is 0. The highest BCUT2D eigenvalue weighted by Gasteiger charge is 2.54. The Morgan fingerprint density at radius 2 is 2.00 bits per heavy atom. The highest BCUT2D eigenvalue weighted by atomic mass is 16.5. The maximum absolute atomic E-state index is 13.0. The van der Waals surface area contributed by atoms with Crippen molar-refractivity contribution in [1.29, 1.82) is 0 Å². The van der Waals surface area contributed by atoms with Crippen molar-refractivity contribution in [2.24, 2.45) is 0 Å². The first-order chi connectivity index (χ1) is 12.5. The number of hydrogen-bond acceptors (Lipinski definition) is 6. The molecule has 4 amide bonds. The number of hydrogen-bond donors (Lipinski definition) is 1. The summed E-state index contributed by atoms with van der Waals surface area (Å²) in [6.45, 7) is 1.32. The van der Waals surface area contributed by atoms with E-state index in [0.717, 1.165) is 12.8 Å². The number of ether oxygens (including phenoxy) is 1. The van der Waals surface area contributed by atoms with E-state index in [9.17, 15) is 9.59 Å². The van der Waals surface area contributed by atoms with Crippen molar-refractivity contribution in [2.75, 3.05) is 32.6 Å². The lowest BCUT2D eigenvalue weighted by Crippen LogP contribution is -2.59. The summed E-state index contributed by atoms with van der Waals surface area (Å²) in [4.78, 5) is 40.3. The van der Waals surface area contributed by atoms with E-state index in [-0.39, 0.29) is 6.03 Å². The number of aromatic nitrogens is 3. The Morgan fingerprint density at radius 3 is 2.65 bits per heavy atom. The molecule has 1 saturated heterocycles. The fourth-order valence-electron chi connectivity index (χ4n) is 3.27. The number of fused-ring (bicyclic) bond motifs is 1. The first kappa shape index (κ1) is 16.4. The fourth-order valence-corrected chi connectivity index (χ4v) is 3.27. The Bertz CT molecular complexity index is 879. The zero-order valence-electron chi connectivity index (χ0n) is 14.6. The van der Waals surface area contributed by atoms with E-state index >= 15 is 0 Å². The van der Waals surface area contributed by atoms with Crippen LogP contribution < -0.4 is 14.5 Å². The van der Waals surface area contributed by atoms with Gasteiger partial charge in [-0.2, -0.15) is 4.98 Å². The van der Waals surface area contributed by atoms with Gasteiger partial charge in [0.15, 0.2) is 5.82 Å². The van der Waals surface area contributed by atoms with Crippen LogP contribution >= 0.6 is 0 Å². The summed E-state index contributed by atoms with van der Waals surface area (Å²) in [5.74, 6) is 1.23. The highest BCUT2D eigenvalue weighted by Crippen LogP contribution is 2.37. The number of likely N-dealkylation sites (tertiary alicyclic amines) is 1. The van der Waals surface area contributed by atoms with Gasteiger partial charge >= 0.3 is 12.1 Å². The minimum absolute atomic E-state index is 0.267. The van der Waals surface area contributed by atoms with E-state index in [2.05, 4.69) is 20.3 Å². The Labute approximate surface area is 150 Å². The van der Waals surface area contributed by atoms with Gasteiger partial charge in [-0.3, -0.25) is 10.2 Å². The minimum Gasteiger partial charge on any atom is -0.481 e. The number of carbonyl (C=O) groups excluding carboxylic acids is 2. The largest absolute Gasteiger partial charge is 0.481 e. The summed E-state index contributed by atoms with van der Waals surface area (Å²) < 4.78 is 4.52. The second-order valence-corrected chi connectivity index (χ2v) is 6.43. The second kappa shape index (κ2) is 6.03. The van der Waals surface area contributed by atoms with Crippen LogP contribution in [0, 0.1) is 0 Å². The molecule has 4 rings (SSSR count). The van der Waals surface area contributed by atoms with Gasteiger partial charge in [0.05, 0.1) is 20.4 Å². The number of amides is 4. The van der Waals surface area contributed by atoms with Gasteiger partial charge < -0.3 is 4.74 Å². The van der Waals surface area contributed by atoms with Crippen LogP contribution in [0.3, 0.4) is 0 Å². The molecule has 9 heteroatoms. The number of urea groups is 2. The highest BCUT2D eigenvalue weighted by molar-refractivity contribution is 6.18. The number of methoxy groups -OCH3 is 1. The Morgan fingerprint density at radius 1 is 1.23 bits per heavy atom. The predicted molar refractivity (Wildman–Crippen MR) is 94.8 cm³/mol. The van der Waals surface area contributed by atoms with Crippen LogP contribution in [0.4, 0.5) is 21.1 Å². The number of pyridine rings is 1. The standard InChI is InChI=1S/C17H18N6O3/c1-23(17(25)22-7-3-4-8-22)15-12(20-16(23)24)10-19-14(21-15)11-5-6-13(26-2)18-9-11/h5-6,9-10H,3-4,7-8H2,1-2H3/p+1. The van der Waals surface area contributed by atoms with Crippen molar-refractivity contribution in [2.45, 2.75) is 12.8 Å². The SMILES string of the molecule is COc1ccc(-c2ncc3c(n2)[N+](C)(C(=O)N2CCCC2)C(=O)N3)cn1. The van der Waals surface area contributed by atoms with Crippen molar-refractivity contribution in [3.63, 3.8) is 0 Å². The number of imide groups is 1. The molecule has 0 saturated carbocycles. The number of nitrogens with zero attached hydrogens (tertiary/aromatic N) is 5. The van der Waals surface area contributed by atoms with Crippen LogP contribution in [-0.4, -0.2) is 59.2 Å². The lowest BCUT2D eigenvalue weighted by atomic mass is 10.2. The van der Waals surface area contributed by atoms with Gasteiger partial charge in [-0.05, 0) is 18.9 Å². The number of carbonyl (C=O) groups is 2. The maximum Gasteiger partial charge on any atom is 0.436 e. The van der Waals surface area contributed by atoms with E-state index < -0.39 is 10.5 Å². The van der Waals surface area contributed by atoms with Crippen molar-refractivity contribution < 1.29 is 14.3 Å². The monoisotopic (exact) mass is 355 g/mol. The molecule has 4 heterocycles. The van der Waals surface area contributed by atoms with Gasteiger partial charge in [0.25, 0.3) is 5.82 Å². The van der Waals surface area contributed by atoms with Gasteiger partial charge in [-0.15, -0.1) is 4.48 Å². The third-order valence-electron chi connectivity index (χ3n) is 4.80. The minimum atomic E-state index is -0.533. The first-order valence-electron chi connectivity index (χ1n) is 8.39. The molecule has 0 radical (unpaired) electrons. The molecule has 2 aliphatic rings. The number of nitrogens with one attached hydrogen (secondary N) is 1. The number of quaternary nitrogens is 1. The van der Waals surface area contributed by atoms with E-state index in [1.165, 1.54) is 13.3 Å². The smallest absolute Gasteiger partial charge is 0.436 e. The maximum atomic E-state index is 13.0. The topological polar surface area (TPSA) is 97.3 Å². The van der Waals surface area contributed by atoms with Gasteiger partial charge in [0.2, 0.25) is 5.88 Å². The number of rotatable bonds is 2. The van der Waals surface area contributed by atoms with Gasteiger partial charge in [-0.25, -0.2) is 19.6 Å². The Hall–Kier alpha value is -3.07. The van der Waals surface area contributed by atoms with Gasteiger partial charge in [0, 0.05) is 30.9 Å². The van der Waals surface area contributed by atoms with Crippen LogP contribution in [-0.2, 0) is 0 Å². The van der Waals surface area contributed by atoms with Crippen LogP contribution in [0.15, 0.2) is 24.5 Å². The first-order valence-corrected chi connectivity index (χ1v) is 8.39. The zero-order valence-corrected chi connectivity index (χ0v) is 14.6. The van der Waals surface area contributed by atoms with Crippen molar-refractivity contribution in [3.8, 4) is 17.3 Å². The van der Waals surface area contributed by atoms with Crippen molar-refractivity contribution in [3.05, 3.63) is 24.5 Å². The third-order valence-corrected chi connectivity index (χ3v) is 4.80. The summed E-state index contributed by atoms with van der Waals surface area (Å²) in [6.07, 6.45) is 5.03. The zero-order chi connectivity index (χ0) is 18.3. The molecule has 1 fully saturated rings. The fraction of sp³-hybridized carbons (Fsp3) is 0.353. The van der Waals surface area contributed by atoms with Gasteiger partial charge in [0.1, 0.15) is 5.69 Å². The molecule has 0 aliphatic carbocycles. The molecular formula is C17H19N6O3+. The average Bonchev–Trinajstić information content (AvgIpc) is 3.29. The molecule has 1 unspecified atom stereocenters. The second-order valence-electron chi connectivity index (χ2n) is 6.43. The van der Waals surface area contributed by atoms with E-state index in [0.29, 0.717) is 41.9 Å². The summed E-state index contributed by atoms with van der Waals surface area (Å²) in [6, 6.07) is 2.80. The molecular weight excluding hydrogens is 336 g/mol. The summed E-state index contributed by atoms with van der Waals surface area (Å²) in [7, 11) is 3.11. The average molecular weight is 355 g/mol. The van der Waals surface area contributed by atoms with Gasteiger partial charge in [-0.1, -0.05) is 0 Å². The molecule has 2 aromatic heterocycles. The Balaban J connectivity index is 1.75. The lowest BCUT2D eigenvalue weighted by molar-refractivity contribution is 0.176. The summed E-state index contributed by atoms with van der Waals surface area (Å²) in [5.41, 5.74) is 1.13. The van der Waals surface area contributed by atoms with E-state index in [1.54, 1.807) is 30.3 Å². The van der Waals surface area contributed by atoms with Crippen molar-refractivity contribution >= 4 is 23.6 Å². The van der Waals surface area contributed by atoms with Crippen molar-refractivity contribution in [1.82, 2.24) is 24.3 Å². The van der Waals surface area contributed by atoms with Crippen LogP contribution in [0.25, 0.3) is 11.4 Å². The molecule has 2 aromatic rings. The van der Waals surface area contributed by atoms with Crippen LogP contribution in [0.5, 0.6) is 5.88 Å². The predicted octanol–water partition coefficient (Wildman–Crippen LogP) is 2.25. The van der Waals surface area contributed by atoms with E-state index in [4.69, 9.17) is 4.74 Å². The molecule has 26 heavy (non-hydrogen) atoms. The quantitative estimate of drug-likeness (QED) is 0.830. The molecule has 2 aliphatic heterocycles. The molecule has 0 aromatic carbocycles. The summed E-state index contributed by atoms with van der Waals surface area (Å²) in [5, 5.41) is 2.71. The number of anilines is 1. The molecule has 0 spiro atoms. The lowest BCUT2D eigenvalue weighted by Gasteiger charge is -2.26. The normalized spacial score (nSPS) is 21.5.